The lowest BCUT2D eigenvalue weighted by molar-refractivity contribution is 0.411. The summed E-state index contributed by atoms with van der Waals surface area (Å²) in [5.41, 5.74) is 3.58. The fourth-order valence-corrected chi connectivity index (χ4v) is 2.74. The predicted molar refractivity (Wildman–Crippen MR) is 75.1 cm³/mol. The molecule has 1 aliphatic rings. The molecule has 0 radical (unpaired) electrons. The van der Waals surface area contributed by atoms with Gasteiger partial charge < -0.3 is 14.6 Å². The van der Waals surface area contributed by atoms with Crippen LogP contribution in [0.3, 0.4) is 0 Å². The molecule has 0 spiro atoms. The molecular formula is C15H19N3O. The number of nitrogens with zero attached hydrogens (tertiary/aromatic N) is 2. The molecule has 1 aliphatic heterocycles. The number of aryl methyl sites for hydroxylation is 1. The molecule has 1 N–H and O–H groups in total. The van der Waals surface area contributed by atoms with Gasteiger partial charge in [-0.25, -0.2) is 4.98 Å². The summed E-state index contributed by atoms with van der Waals surface area (Å²) in [7, 11) is 1.70. The number of hydrogen-bond acceptors (Lipinski definition) is 3. The van der Waals surface area contributed by atoms with E-state index < -0.39 is 0 Å². The Morgan fingerprint density at radius 2 is 2.32 bits per heavy atom. The van der Waals surface area contributed by atoms with Crippen LogP contribution in [0.1, 0.15) is 23.6 Å². The van der Waals surface area contributed by atoms with Gasteiger partial charge in [-0.05, 0) is 43.7 Å². The van der Waals surface area contributed by atoms with Crippen LogP contribution in [0.25, 0.3) is 5.69 Å². The number of imidazole rings is 1. The maximum atomic E-state index is 5.31. The van der Waals surface area contributed by atoms with Gasteiger partial charge in [0, 0.05) is 30.0 Å². The first kappa shape index (κ1) is 12.2. The van der Waals surface area contributed by atoms with E-state index in [1.807, 2.05) is 18.6 Å². The number of rotatable bonds is 3. The molecule has 4 heteroatoms. The summed E-state index contributed by atoms with van der Waals surface area (Å²) in [6.45, 7) is 4.20. The van der Waals surface area contributed by atoms with Gasteiger partial charge in [-0.15, -0.1) is 0 Å². The highest BCUT2D eigenvalue weighted by molar-refractivity contribution is 5.44. The van der Waals surface area contributed by atoms with Gasteiger partial charge in [0.1, 0.15) is 5.75 Å². The molecule has 0 amide bonds. The zero-order valence-electron chi connectivity index (χ0n) is 11.4. The van der Waals surface area contributed by atoms with E-state index in [1.165, 1.54) is 12.1 Å². The lowest BCUT2D eigenvalue weighted by Crippen LogP contribution is -2.10. The fraction of sp³-hybridized carbons (Fsp3) is 0.400. The van der Waals surface area contributed by atoms with Crippen molar-refractivity contribution in [2.24, 2.45) is 0 Å². The molecule has 1 fully saturated rings. The molecule has 2 heterocycles. The van der Waals surface area contributed by atoms with Gasteiger partial charge in [-0.2, -0.15) is 0 Å². The lowest BCUT2D eigenvalue weighted by Gasteiger charge is -2.14. The quantitative estimate of drug-likeness (QED) is 0.916. The van der Waals surface area contributed by atoms with E-state index in [9.17, 15) is 0 Å². The number of methoxy groups -OCH3 is 1. The minimum atomic E-state index is 0.560. The standard InChI is InChI=1S/C15H19N3O/c1-11-7-13(3-4-15(11)19-2)18-10-17-9-14(18)12-5-6-16-8-12/h3-4,7,9-10,12,16H,5-6,8H2,1-2H3. The highest BCUT2D eigenvalue weighted by atomic mass is 16.5. The van der Waals surface area contributed by atoms with Crippen molar-refractivity contribution in [2.45, 2.75) is 19.3 Å². The van der Waals surface area contributed by atoms with E-state index in [0.717, 1.165) is 30.1 Å². The second-order valence-corrected chi connectivity index (χ2v) is 5.03. The van der Waals surface area contributed by atoms with Crippen LogP contribution in [0.5, 0.6) is 5.75 Å². The molecule has 1 atom stereocenters. The van der Waals surface area contributed by atoms with Crippen molar-refractivity contribution >= 4 is 0 Å². The Morgan fingerprint density at radius 1 is 1.42 bits per heavy atom. The van der Waals surface area contributed by atoms with Gasteiger partial charge in [0.05, 0.1) is 13.4 Å². The van der Waals surface area contributed by atoms with Gasteiger partial charge in [0.2, 0.25) is 0 Å². The monoisotopic (exact) mass is 257 g/mol. The molecule has 1 saturated heterocycles. The zero-order valence-corrected chi connectivity index (χ0v) is 11.4. The summed E-state index contributed by atoms with van der Waals surface area (Å²) in [4.78, 5) is 4.32. The van der Waals surface area contributed by atoms with E-state index in [0.29, 0.717) is 5.92 Å². The number of ether oxygens (including phenoxy) is 1. The van der Waals surface area contributed by atoms with Crippen molar-refractivity contribution in [3.8, 4) is 11.4 Å². The Hall–Kier alpha value is -1.81. The van der Waals surface area contributed by atoms with Crippen LogP contribution in [0.15, 0.2) is 30.7 Å². The van der Waals surface area contributed by atoms with Gasteiger partial charge in [0.25, 0.3) is 0 Å². The van der Waals surface area contributed by atoms with Crippen LogP contribution in [0, 0.1) is 6.92 Å². The maximum absolute atomic E-state index is 5.31. The van der Waals surface area contributed by atoms with Crippen molar-refractivity contribution in [1.29, 1.82) is 0 Å². The van der Waals surface area contributed by atoms with Crippen molar-refractivity contribution in [3.05, 3.63) is 42.0 Å². The maximum Gasteiger partial charge on any atom is 0.121 e. The van der Waals surface area contributed by atoms with E-state index in [4.69, 9.17) is 4.74 Å². The van der Waals surface area contributed by atoms with Crippen molar-refractivity contribution in [3.63, 3.8) is 0 Å². The topological polar surface area (TPSA) is 39.1 Å². The average Bonchev–Trinajstić information content (AvgIpc) is 3.09. The normalized spacial score (nSPS) is 18.7. The molecule has 0 bridgehead atoms. The first-order chi connectivity index (χ1) is 9.29. The van der Waals surface area contributed by atoms with Gasteiger partial charge >= 0.3 is 0 Å². The zero-order chi connectivity index (χ0) is 13.2. The number of aromatic nitrogens is 2. The third-order valence-corrected chi connectivity index (χ3v) is 3.80. The van der Waals surface area contributed by atoms with Crippen LogP contribution < -0.4 is 10.1 Å². The second-order valence-electron chi connectivity index (χ2n) is 5.03. The summed E-state index contributed by atoms with van der Waals surface area (Å²) in [6.07, 6.45) is 5.06. The summed E-state index contributed by atoms with van der Waals surface area (Å²) in [5, 5.41) is 3.41. The number of benzene rings is 1. The van der Waals surface area contributed by atoms with E-state index in [1.54, 1.807) is 7.11 Å². The Kier molecular flexibility index (Phi) is 3.25. The largest absolute Gasteiger partial charge is 0.496 e. The molecule has 0 aliphatic carbocycles. The predicted octanol–water partition coefficient (Wildman–Crippen LogP) is 2.27. The van der Waals surface area contributed by atoms with E-state index in [-0.39, 0.29) is 0 Å². The first-order valence-electron chi connectivity index (χ1n) is 6.67. The molecular weight excluding hydrogens is 238 g/mol. The third-order valence-electron chi connectivity index (χ3n) is 3.80. The Balaban J connectivity index is 1.98. The van der Waals surface area contributed by atoms with Crippen molar-refractivity contribution in [1.82, 2.24) is 14.9 Å². The van der Waals surface area contributed by atoms with Crippen LogP contribution in [-0.2, 0) is 0 Å². The molecule has 1 aromatic carbocycles. The second kappa shape index (κ2) is 5.05. The third kappa shape index (κ3) is 2.24. The minimum Gasteiger partial charge on any atom is -0.496 e. The Morgan fingerprint density at radius 3 is 3.00 bits per heavy atom. The molecule has 3 rings (SSSR count). The lowest BCUT2D eigenvalue weighted by atomic mass is 10.1. The molecule has 19 heavy (non-hydrogen) atoms. The van der Waals surface area contributed by atoms with Gasteiger partial charge in [0.15, 0.2) is 0 Å². The highest BCUT2D eigenvalue weighted by Crippen LogP contribution is 2.27. The summed E-state index contributed by atoms with van der Waals surface area (Å²) >= 11 is 0. The summed E-state index contributed by atoms with van der Waals surface area (Å²) in [6, 6.07) is 6.24. The van der Waals surface area contributed by atoms with Crippen LogP contribution >= 0.6 is 0 Å². The van der Waals surface area contributed by atoms with Crippen molar-refractivity contribution in [2.75, 3.05) is 20.2 Å². The summed E-state index contributed by atoms with van der Waals surface area (Å²) < 4.78 is 7.50. The number of nitrogens with one attached hydrogen (secondary N) is 1. The Labute approximate surface area is 113 Å². The fourth-order valence-electron chi connectivity index (χ4n) is 2.74. The summed E-state index contributed by atoms with van der Waals surface area (Å²) in [5.74, 6) is 1.48. The Bertz CT molecular complexity index is 571. The van der Waals surface area contributed by atoms with E-state index in [2.05, 4.69) is 33.9 Å². The van der Waals surface area contributed by atoms with E-state index >= 15 is 0 Å². The molecule has 1 aromatic heterocycles. The van der Waals surface area contributed by atoms with Crippen LogP contribution in [0.4, 0.5) is 0 Å². The highest BCUT2D eigenvalue weighted by Gasteiger charge is 2.20. The van der Waals surface area contributed by atoms with Crippen LogP contribution in [-0.4, -0.2) is 29.8 Å². The number of hydrogen-bond donors (Lipinski definition) is 1. The molecule has 100 valence electrons. The first-order valence-corrected chi connectivity index (χ1v) is 6.67. The SMILES string of the molecule is COc1ccc(-n2cncc2C2CCNC2)cc1C. The van der Waals surface area contributed by atoms with Crippen LogP contribution in [0.2, 0.25) is 0 Å². The molecule has 4 nitrogen and oxygen atoms in total. The van der Waals surface area contributed by atoms with Gasteiger partial charge in [-0.1, -0.05) is 0 Å². The smallest absolute Gasteiger partial charge is 0.121 e. The molecule has 2 aromatic rings. The minimum absolute atomic E-state index is 0.560. The van der Waals surface area contributed by atoms with Gasteiger partial charge in [-0.3, -0.25) is 0 Å². The average molecular weight is 257 g/mol. The van der Waals surface area contributed by atoms with Crippen molar-refractivity contribution < 1.29 is 4.74 Å². The molecule has 1 unspecified atom stereocenters. The molecule has 0 saturated carbocycles.